The number of hydrogen-bond acceptors (Lipinski definition) is 3. The van der Waals surface area contributed by atoms with Crippen molar-refractivity contribution in [1.82, 2.24) is 20.1 Å². The van der Waals surface area contributed by atoms with Crippen LogP contribution in [0.25, 0.3) is 5.82 Å². The highest BCUT2D eigenvalue weighted by atomic mass is 79.9. The zero-order valence-electron chi connectivity index (χ0n) is 8.61. The molecule has 0 radical (unpaired) electrons. The summed E-state index contributed by atoms with van der Waals surface area (Å²) in [7, 11) is 1.88. The summed E-state index contributed by atoms with van der Waals surface area (Å²) in [6.07, 6.45) is 1.69. The van der Waals surface area contributed by atoms with Crippen LogP contribution in [0, 0.1) is 0 Å². The molecule has 2 heterocycles. The summed E-state index contributed by atoms with van der Waals surface area (Å²) in [5.41, 5.74) is 0.995. The van der Waals surface area contributed by atoms with Gasteiger partial charge in [0.2, 0.25) is 0 Å². The lowest BCUT2D eigenvalue weighted by atomic mass is 10.4. The molecule has 0 amide bonds. The third-order valence-corrected chi connectivity index (χ3v) is 2.73. The summed E-state index contributed by atoms with van der Waals surface area (Å²) in [5.74, 6) is 0.639. The smallest absolute Gasteiger partial charge is 0.172 e. The summed E-state index contributed by atoms with van der Waals surface area (Å²) < 4.78 is 2.49. The van der Waals surface area contributed by atoms with E-state index in [4.69, 9.17) is 11.6 Å². The van der Waals surface area contributed by atoms with Crippen molar-refractivity contribution in [3.63, 3.8) is 0 Å². The quantitative estimate of drug-likeness (QED) is 0.946. The van der Waals surface area contributed by atoms with Crippen molar-refractivity contribution in [3.8, 4) is 5.82 Å². The molecule has 2 aromatic heterocycles. The molecule has 0 atom stereocenters. The second-order valence-corrected chi connectivity index (χ2v) is 4.43. The highest BCUT2D eigenvalue weighted by Gasteiger charge is 2.11. The minimum absolute atomic E-state index is 0.579. The SMILES string of the molecule is CNCc1cc(Br)nn1-c1ncccc1Cl. The van der Waals surface area contributed by atoms with E-state index in [1.165, 1.54) is 0 Å². The van der Waals surface area contributed by atoms with E-state index in [0.717, 1.165) is 10.3 Å². The van der Waals surface area contributed by atoms with Crippen molar-refractivity contribution in [2.24, 2.45) is 0 Å². The highest BCUT2D eigenvalue weighted by molar-refractivity contribution is 9.10. The summed E-state index contributed by atoms with van der Waals surface area (Å²) in [6, 6.07) is 5.52. The first kappa shape index (κ1) is 11.6. The lowest BCUT2D eigenvalue weighted by Gasteiger charge is -2.06. The van der Waals surface area contributed by atoms with E-state index in [0.29, 0.717) is 17.4 Å². The van der Waals surface area contributed by atoms with E-state index in [1.54, 1.807) is 23.0 Å². The summed E-state index contributed by atoms with van der Waals surface area (Å²) in [5, 5.41) is 7.96. The van der Waals surface area contributed by atoms with E-state index in [-0.39, 0.29) is 0 Å². The minimum atomic E-state index is 0.579. The van der Waals surface area contributed by atoms with Crippen LogP contribution in [0.4, 0.5) is 0 Å². The fourth-order valence-corrected chi connectivity index (χ4v) is 2.04. The average molecular weight is 302 g/mol. The third-order valence-electron chi connectivity index (χ3n) is 2.05. The minimum Gasteiger partial charge on any atom is -0.314 e. The molecule has 0 aliphatic rings. The Kier molecular flexibility index (Phi) is 3.58. The molecule has 2 rings (SSSR count). The lowest BCUT2D eigenvalue weighted by molar-refractivity contribution is 0.717. The van der Waals surface area contributed by atoms with Crippen LogP contribution in [0.3, 0.4) is 0 Å². The van der Waals surface area contributed by atoms with E-state index in [1.807, 2.05) is 13.1 Å². The van der Waals surface area contributed by atoms with Crippen LogP contribution in [0.2, 0.25) is 5.02 Å². The van der Waals surface area contributed by atoms with Crippen LogP contribution in [0.1, 0.15) is 5.69 Å². The lowest BCUT2D eigenvalue weighted by Crippen LogP contribution is -2.12. The van der Waals surface area contributed by atoms with E-state index in [9.17, 15) is 0 Å². The highest BCUT2D eigenvalue weighted by Crippen LogP contribution is 2.20. The molecule has 1 N–H and O–H groups in total. The number of rotatable bonds is 3. The van der Waals surface area contributed by atoms with Gasteiger partial charge in [0, 0.05) is 12.7 Å². The van der Waals surface area contributed by atoms with Gasteiger partial charge in [-0.1, -0.05) is 11.6 Å². The summed E-state index contributed by atoms with van der Waals surface area (Å²) in [6.45, 7) is 0.700. The topological polar surface area (TPSA) is 42.7 Å². The van der Waals surface area contributed by atoms with Crippen molar-refractivity contribution in [3.05, 3.63) is 39.7 Å². The van der Waals surface area contributed by atoms with Gasteiger partial charge in [-0.05, 0) is 41.2 Å². The molecule has 0 aliphatic heterocycles. The van der Waals surface area contributed by atoms with Crippen molar-refractivity contribution in [2.45, 2.75) is 6.54 Å². The van der Waals surface area contributed by atoms with Gasteiger partial charge in [-0.25, -0.2) is 9.67 Å². The van der Waals surface area contributed by atoms with Gasteiger partial charge in [-0.2, -0.15) is 5.10 Å². The molecule has 84 valence electrons. The van der Waals surface area contributed by atoms with Crippen molar-refractivity contribution in [1.29, 1.82) is 0 Å². The first-order valence-electron chi connectivity index (χ1n) is 4.72. The Labute approximate surface area is 107 Å². The third kappa shape index (κ3) is 2.26. The Bertz CT molecular complexity index is 497. The molecule has 0 fully saturated rings. The molecule has 16 heavy (non-hydrogen) atoms. The molecular formula is C10H10BrClN4. The molecule has 0 bridgehead atoms. The zero-order chi connectivity index (χ0) is 11.5. The molecule has 0 saturated heterocycles. The number of nitrogens with zero attached hydrogens (tertiary/aromatic N) is 3. The van der Waals surface area contributed by atoms with Gasteiger partial charge in [0.05, 0.1) is 10.7 Å². The van der Waals surface area contributed by atoms with Crippen molar-refractivity contribution >= 4 is 27.5 Å². The zero-order valence-corrected chi connectivity index (χ0v) is 11.0. The van der Waals surface area contributed by atoms with Crippen molar-refractivity contribution < 1.29 is 0 Å². The normalized spacial score (nSPS) is 10.7. The monoisotopic (exact) mass is 300 g/mol. The number of pyridine rings is 1. The molecule has 0 saturated carbocycles. The molecule has 0 unspecified atom stereocenters. The van der Waals surface area contributed by atoms with Crippen LogP contribution < -0.4 is 5.32 Å². The number of nitrogens with one attached hydrogen (secondary N) is 1. The Balaban J connectivity index is 2.51. The predicted molar refractivity (Wildman–Crippen MR) is 66.8 cm³/mol. The molecule has 2 aromatic rings. The molecule has 4 nitrogen and oxygen atoms in total. The van der Waals surface area contributed by atoms with Gasteiger partial charge in [-0.15, -0.1) is 0 Å². The maximum absolute atomic E-state index is 6.08. The summed E-state index contributed by atoms with van der Waals surface area (Å²) in [4.78, 5) is 4.22. The first-order valence-corrected chi connectivity index (χ1v) is 5.89. The molecule has 0 aromatic carbocycles. The Morgan fingerprint density at radius 2 is 2.38 bits per heavy atom. The van der Waals surface area contributed by atoms with Crippen molar-refractivity contribution in [2.75, 3.05) is 7.05 Å². The van der Waals surface area contributed by atoms with Gasteiger partial charge in [0.25, 0.3) is 0 Å². The van der Waals surface area contributed by atoms with Gasteiger partial charge in [0.15, 0.2) is 5.82 Å². The van der Waals surface area contributed by atoms with Crippen LogP contribution in [0.15, 0.2) is 29.0 Å². The molecule has 0 aliphatic carbocycles. The Morgan fingerprint density at radius 1 is 1.56 bits per heavy atom. The number of halogens is 2. The second-order valence-electron chi connectivity index (χ2n) is 3.21. The van der Waals surface area contributed by atoms with Crippen LogP contribution in [0.5, 0.6) is 0 Å². The van der Waals surface area contributed by atoms with E-state index in [2.05, 4.69) is 31.3 Å². The average Bonchev–Trinajstić information content (AvgIpc) is 2.61. The van der Waals surface area contributed by atoms with Gasteiger partial charge in [-0.3, -0.25) is 0 Å². The van der Waals surface area contributed by atoms with E-state index < -0.39 is 0 Å². The predicted octanol–water partition coefficient (Wildman–Crippen LogP) is 2.40. The van der Waals surface area contributed by atoms with Gasteiger partial charge < -0.3 is 5.32 Å². The maximum atomic E-state index is 6.08. The van der Waals surface area contributed by atoms with Gasteiger partial charge in [0.1, 0.15) is 4.60 Å². The van der Waals surface area contributed by atoms with Crippen LogP contribution in [-0.4, -0.2) is 21.8 Å². The fraction of sp³-hybridized carbons (Fsp3) is 0.200. The van der Waals surface area contributed by atoms with Gasteiger partial charge >= 0.3 is 0 Å². The van der Waals surface area contributed by atoms with E-state index >= 15 is 0 Å². The first-order chi connectivity index (χ1) is 7.72. The number of aromatic nitrogens is 3. The fourth-order valence-electron chi connectivity index (χ4n) is 1.41. The second kappa shape index (κ2) is 4.95. The Hall–Kier alpha value is -0.910. The maximum Gasteiger partial charge on any atom is 0.172 e. The number of hydrogen-bond donors (Lipinski definition) is 1. The molecular weight excluding hydrogens is 291 g/mol. The largest absolute Gasteiger partial charge is 0.314 e. The molecule has 6 heteroatoms. The Morgan fingerprint density at radius 3 is 3.06 bits per heavy atom. The molecule has 0 spiro atoms. The summed E-state index contributed by atoms with van der Waals surface area (Å²) >= 11 is 9.43. The van der Waals surface area contributed by atoms with Crippen LogP contribution >= 0.6 is 27.5 Å². The van der Waals surface area contributed by atoms with Crippen LogP contribution in [-0.2, 0) is 6.54 Å². The standard InChI is InChI=1S/C10H10BrClN4/c1-13-6-7-5-9(11)15-16(7)10-8(12)3-2-4-14-10/h2-5,13H,6H2,1H3.